The number of halogens is 3. The average Bonchev–Trinajstić information content (AvgIpc) is 2.71. The number of nitrogens with zero attached hydrogens (tertiary/aromatic N) is 2. The SMILES string of the molecule is CNC(=O)/C(=N/OC)c1cccc(C)c1CO/N=C(C)/C(N)=C/C(=C\C(C)C)C(F)(F)F. The molecule has 0 bridgehead atoms. The van der Waals surface area contributed by atoms with E-state index >= 15 is 0 Å². The van der Waals surface area contributed by atoms with Gasteiger partial charge in [-0.25, -0.2) is 0 Å². The predicted molar refractivity (Wildman–Crippen MR) is 118 cm³/mol. The molecule has 32 heavy (non-hydrogen) atoms. The number of alkyl halides is 3. The first kappa shape index (κ1) is 26.7. The van der Waals surface area contributed by atoms with Crippen LogP contribution in [0.5, 0.6) is 0 Å². The summed E-state index contributed by atoms with van der Waals surface area (Å²) in [5.41, 5.74) is 6.78. The van der Waals surface area contributed by atoms with E-state index < -0.39 is 17.7 Å². The topological polar surface area (TPSA) is 98.3 Å². The molecule has 0 saturated carbocycles. The second-order valence-corrected chi connectivity index (χ2v) is 7.22. The Morgan fingerprint density at radius 2 is 1.94 bits per heavy atom. The highest BCUT2D eigenvalue weighted by Gasteiger charge is 2.32. The van der Waals surface area contributed by atoms with Crippen LogP contribution in [0, 0.1) is 12.8 Å². The van der Waals surface area contributed by atoms with E-state index in [9.17, 15) is 18.0 Å². The van der Waals surface area contributed by atoms with Crippen molar-refractivity contribution in [3.8, 4) is 0 Å². The number of amides is 1. The highest BCUT2D eigenvalue weighted by molar-refractivity contribution is 6.45. The Balaban J connectivity index is 3.18. The molecule has 0 aromatic heterocycles. The van der Waals surface area contributed by atoms with Crippen LogP contribution in [-0.4, -0.2) is 37.7 Å². The average molecular weight is 454 g/mol. The van der Waals surface area contributed by atoms with Gasteiger partial charge in [-0.1, -0.05) is 48.4 Å². The van der Waals surface area contributed by atoms with Crippen molar-refractivity contribution >= 4 is 17.3 Å². The number of nitrogens with two attached hydrogens (primary N) is 1. The standard InChI is InChI=1S/C22H29F3N4O3/c1-13(2)10-16(22(23,24)25)11-19(26)15(4)28-32-12-18-14(3)8-7-9-17(18)20(29-31-6)21(30)27-5/h7-11,13H,12,26H2,1-6H3,(H,27,30)/b16-10+,19-11-,28-15+,29-20+. The van der Waals surface area contributed by atoms with Gasteiger partial charge in [-0.05, 0) is 31.4 Å². The van der Waals surface area contributed by atoms with Gasteiger partial charge in [0.2, 0.25) is 0 Å². The fourth-order valence-electron chi connectivity index (χ4n) is 2.64. The van der Waals surface area contributed by atoms with E-state index in [1.807, 2.05) is 13.0 Å². The van der Waals surface area contributed by atoms with Gasteiger partial charge in [-0.15, -0.1) is 0 Å². The van der Waals surface area contributed by atoms with Gasteiger partial charge >= 0.3 is 6.18 Å². The van der Waals surface area contributed by atoms with E-state index in [0.717, 1.165) is 17.7 Å². The maximum absolute atomic E-state index is 13.2. The van der Waals surface area contributed by atoms with Crippen LogP contribution in [0.1, 0.15) is 37.5 Å². The van der Waals surface area contributed by atoms with E-state index in [1.165, 1.54) is 21.1 Å². The van der Waals surface area contributed by atoms with Gasteiger partial charge in [0.15, 0.2) is 5.71 Å². The minimum atomic E-state index is -4.54. The molecule has 1 aromatic rings. The molecule has 1 rings (SSSR count). The lowest BCUT2D eigenvalue weighted by molar-refractivity contribution is -0.114. The normalized spacial score (nSPS) is 13.9. The van der Waals surface area contributed by atoms with Gasteiger partial charge in [-0.3, -0.25) is 4.79 Å². The molecule has 0 unspecified atom stereocenters. The fourth-order valence-corrected chi connectivity index (χ4v) is 2.64. The third-order valence-electron chi connectivity index (χ3n) is 4.27. The Bertz CT molecular complexity index is 933. The summed E-state index contributed by atoms with van der Waals surface area (Å²) in [5.74, 6) is -0.769. The van der Waals surface area contributed by atoms with Crippen molar-refractivity contribution in [1.82, 2.24) is 5.32 Å². The fraction of sp³-hybridized carbons (Fsp3) is 0.409. The van der Waals surface area contributed by atoms with Crippen LogP contribution in [-0.2, 0) is 21.1 Å². The molecule has 0 radical (unpaired) electrons. The first-order valence-electron chi connectivity index (χ1n) is 9.77. The van der Waals surface area contributed by atoms with E-state index in [-0.39, 0.29) is 29.6 Å². The molecule has 10 heteroatoms. The Kier molecular flexibility index (Phi) is 9.96. The van der Waals surface area contributed by atoms with E-state index in [0.29, 0.717) is 11.1 Å². The summed E-state index contributed by atoms with van der Waals surface area (Å²) in [6.45, 7) is 6.46. The molecule has 1 amide bonds. The summed E-state index contributed by atoms with van der Waals surface area (Å²) >= 11 is 0. The van der Waals surface area contributed by atoms with Crippen LogP contribution in [0.4, 0.5) is 13.2 Å². The molecule has 176 valence electrons. The first-order chi connectivity index (χ1) is 14.9. The van der Waals surface area contributed by atoms with Crippen molar-refractivity contribution in [2.24, 2.45) is 22.0 Å². The molecule has 0 aliphatic heterocycles. The van der Waals surface area contributed by atoms with Gasteiger partial charge in [0.05, 0.1) is 17.0 Å². The lowest BCUT2D eigenvalue weighted by Crippen LogP contribution is -2.29. The van der Waals surface area contributed by atoms with Crippen molar-refractivity contribution in [2.75, 3.05) is 14.2 Å². The summed E-state index contributed by atoms with van der Waals surface area (Å²) in [5, 5.41) is 10.1. The highest BCUT2D eigenvalue weighted by atomic mass is 19.4. The zero-order chi connectivity index (χ0) is 24.5. The number of hydrogen-bond acceptors (Lipinski definition) is 6. The number of carbonyl (C=O) groups excluding carboxylic acids is 1. The number of carbonyl (C=O) groups is 1. The second-order valence-electron chi connectivity index (χ2n) is 7.22. The largest absolute Gasteiger partial charge is 0.416 e. The minimum Gasteiger partial charge on any atom is -0.398 e. The smallest absolute Gasteiger partial charge is 0.398 e. The van der Waals surface area contributed by atoms with Crippen molar-refractivity contribution < 1.29 is 27.6 Å². The Morgan fingerprint density at radius 3 is 2.47 bits per heavy atom. The number of aryl methyl sites for hydroxylation is 1. The first-order valence-corrected chi connectivity index (χ1v) is 9.77. The Labute approximate surface area is 185 Å². The van der Waals surface area contributed by atoms with Crippen LogP contribution in [0.25, 0.3) is 0 Å². The molecule has 7 nitrogen and oxygen atoms in total. The summed E-state index contributed by atoms with van der Waals surface area (Å²) in [6, 6.07) is 5.24. The number of hydrogen-bond donors (Lipinski definition) is 2. The lowest BCUT2D eigenvalue weighted by Gasteiger charge is -2.13. The summed E-state index contributed by atoms with van der Waals surface area (Å²) in [4.78, 5) is 22.3. The third kappa shape index (κ3) is 7.75. The number of allylic oxidation sites excluding steroid dienone is 4. The van der Waals surface area contributed by atoms with E-state index in [1.54, 1.807) is 26.0 Å². The monoisotopic (exact) mass is 454 g/mol. The molecule has 0 atom stereocenters. The van der Waals surface area contributed by atoms with Crippen LogP contribution >= 0.6 is 0 Å². The van der Waals surface area contributed by atoms with Crippen molar-refractivity contribution in [3.63, 3.8) is 0 Å². The molecule has 0 saturated heterocycles. The van der Waals surface area contributed by atoms with Crippen molar-refractivity contribution in [1.29, 1.82) is 0 Å². The van der Waals surface area contributed by atoms with E-state index in [4.69, 9.17) is 15.4 Å². The number of rotatable bonds is 9. The second kappa shape index (κ2) is 11.9. The van der Waals surface area contributed by atoms with Crippen LogP contribution in [0.2, 0.25) is 0 Å². The molecule has 0 heterocycles. The molecule has 1 aromatic carbocycles. The quantitative estimate of drug-likeness (QED) is 0.335. The number of benzene rings is 1. The van der Waals surface area contributed by atoms with Gasteiger partial charge in [0.1, 0.15) is 13.7 Å². The van der Waals surface area contributed by atoms with Crippen LogP contribution in [0.3, 0.4) is 0 Å². The maximum Gasteiger partial charge on any atom is 0.416 e. The van der Waals surface area contributed by atoms with Gasteiger partial charge in [0, 0.05) is 18.2 Å². The zero-order valence-electron chi connectivity index (χ0n) is 19.0. The molecule has 0 aliphatic rings. The van der Waals surface area contributed by atoms with Gasteiger partial charge < -0.3 is 20.7 Å². The Morgan fingerprint density at radius 1 is 1.28 bits per heavy atom. The number of nitrogens with one attached hydrogen (secondary N) is 1. The molecule has 0 fully saturated rings. The predicted octanol–water partition coefficient (Wildman–Crippen LogP) is 3.97. The minimum absolute atomic E-state index is 0.0473. The van der Waals surface area contributed by atoms with Crippen LogP contribution < -0.4 is 11.1 Å². The summed E-state index contributed by atoms with van der Waals surface area (Å²) in [7, 11) is 2.78. The van der Waals surface area contributed by atoms with Gasteiger partial charge in [-0.2, -0.15) is 13.2 Å². The van der Waals surface area contributed by atoms with Crippen molar-refractivity contribution in [3.05, 3.63) is 58.3 Å². The summed E-state index contributed by atoms with van der Waals surface area (Å²) < 4.78 is 39.6. The molecular weight excluding hydrogens is 425 g/mol. The Hall–Kier alpha value is -3.30. The lowest BCUT2D eigenvalue weighted by atomic mass is 9.98. The highest BCUT2D eigenvalue weighted by Crippen LogP contribution is 2.28. The third-order valence-corrected chi connectivity index (χ3v) is 4.27. The molecule has 0 aliphatic carbocycles. The maximum atomic E-state index is 13.2. The van der Waals surface area contributed by atoms with E-state index in [2.05, 4.69) is 15.6 Å². The zero-order valence-corrected chi connectivity index (χ0v) is 19.0. The van der Waals surface area contributed by atoms with Crippen molar-refractivity contribution in [2.45, 2.75) is 40.5 Å². The van der Waals surface area contributed by atoms with Crippen LogP contribution in [0.15, 0.2) is 51.9 Å². The molecule has 0 spiro atoms. The summed E-state index contributed by atoms with van der Waals surface area (Å²) in [6.07, 6.45) is -2.63. The molecule has 3 N–H and O–H groups in total. The molecular formula is C22H29F3N4O3. The number of likely N-dealkylation sites (N-methyl/N-ethyl adjacent to an activating group) is 1. The van der Waals surface area contributed by atoms with Gasteiger partial charge in [0.25, 0.3) is 5.91 Å². The number of oxime groups is 2.